The van der Waals surface area contributed by atoms with E-state index in [4.69, 9.17) is 28.9 Å². The summed E-state index contributed by atoms with van der Waals surface area (Å²) in [7, 11) is 2.61. The number of fused-ring (bicyclic) bond motifs is 6. The monoisotopic (exact) mass is 874 g/mol. The Kier molecular flexibility index (Phi) is 11.5. The molecule has 4 N–H and O–H groups in total. The molecule has 9 rings (SSSR count). The Morgan fingerprint density at radius 2 is 1.52 bits per heavy atom. The van der Waals surface area contributed by atoms with Crippen molar-refractivity contribution in [3.05, 3.63) is 65.9 Å². The van der Waals surface area contributed by atoms with Crippen LogP contribution in [0.3, 0.4) is 0 Å². The first-order valence-electron chi connectivity index (χ1n) is 22.5. The predicted octanol–water partition coefficient (Wildman–Crippen LogP) is 7.69. The number of H-pyrrole nitrogens is 2. The van der Waals surface area contributed by atoms with Gasteiger partial charge in [-0.3, -0.25) is 9.59 Å². The Labute approximate surface area is 372 Å². The van der Waals surface area contributed by atoms with Crippen LogP contribution in [0.4, 0.5) is 9.59 Å². The summed E-state index contributed by atoms with van der Waals surface area (Å²) in [6.45, 7) is 11.4. The fourth-order valence-electron chi connectivity index (χ4n) is 10.4. The number of likely N-dealkylation sites (tertiary alicyclic amines) is 2. The topological polar surface area (TPSA) is 193 Å². The van der Waals surface area contributed by atoms with Crippen molar-refractivity contribution >= 4 is 45.8 Å². The Bertz CT molecular complexity index is 2610. The van der Waals surface area contributed by atoms with Gasteiger partial charge >= 0.3 is 12.2 Å². The van der Waals surface area contributed by atoms with E-state index in [0.717, 1.165) is 81.2 Å². The quantitative estimate of drug-likeness (QED) is 0.114. The highest BCUT2D eigenvalue weighted by atomic mass is 16.5. The van der Waals surface area contributed by atoms with Gasteiger partial charge in [0.05, 0.1) is 49.2 Å². The molecule has 6 atom stereocenters. The van der Waals surface area contributed by atoms with Gasteiger partial charge in [-0.15, -0.1) is 0 Å². The number of imidazole rings is 2. The molecule has 16 heteroatoms. The minimum atomic E-state index is -0.768. The van der Waals surface area contributed by atoms with E-state index in [1.54, 1.807) is 0 Å². The number of carbonyl (C=O) groups is 4. The summed E-state index contributed by atoms with van der Waals surface area (Å²) in [5, 5.41) is 7.58. The molecule has 4 amide bonds. The highest BCUT2D eigenvalue weighted by Crippen LogP contribution is 2.45. The number of aromatic amines is 2. The van der Waals surface area contributed by atoms with Crippen molar-refractivity contribution < 1.29 is 38.1 Å². The maximum absolute atomic E-state index is 14.5. The lowest BCUT2D eigenvalue weighted by molar-refractivity contribution is -0.141. The summed E-state index contributed by atoms with van der Waals surface area (Å²) in [6.07, 6.45) is 4.96. The number of hydrogen-bond donors (Lipinski definition) is 4. The molecule has 6 unspecified atom stereocenters. The molecule has 4 aliphatic heterocycles. The number of carbonyl (C=O) groups excluding carboxylic acids is 4. The summed E-state index contributed by atoms with van der Waals surface area (Å²) in [5.74, 6) is 1.76. The molecule has 0 bridgehead atoms. The maximum atomic E-state index is 14.5. The average molecular weight is 875 g/mol. The van der Waals surface area contributed by atoms with E-state index in [0.29, 0.717) is 44.3 Å². The minimum absolute atomic E-state index is 0.0287. The van der Waals surface area contributed by atoms with Crippen LogP contribution in [-0.2, 0) is 30.4 Å². The number of nitrogens with one attached hydrogen (secondary N) is 4. The summed E-state index contributed by atoms with van der Waals surface area (Å²) < 4.78 is 21.9. The fourth-order valence-corrected chi connectivity index (χ4v) is 10.4. The number of nitrogens with zero attached hydrogens (tertiary/aromatic N) is 4. The van der Waals surface area contributed by atoms with Crippen LogP contribution in [0, 0.1) is 11.3 Å². The molecule has 64 heavy (non-hydrogen) atoms. The number of ether oxygens (including phenoxy) is 4. The maximum Gasteiger partial charge on any atom is 0.407 e. The number of hydrogen-bond acceptors (Lipinski definition) is 10. The van der Waals surface area contributed by atoms with Crippen LogP contribution in [-0.4, -0.2) is 105 Å². The van der Waals surface area contributed by atoms with Crippen LogP contribution in [0.15, 0.2) is 48.7 Å². The molecule has 6 heterocycles. The lowest BCUT2D eigenvalue weighted by Crippen LogP contribution is -2.58. The van der Waals surface area contributed by atoms with Gasteiger partial charge in [-0.25, -0.2) is 19.6 Å². The molecule has 4 aliphatic rings. The van der Waals surface area contributed by atoms with Crippen molar-refractivity contribution in [2.75, 3.05) is 27.4 Å². The SMILES string of the molecule is COC(=O)NC(C(=O)N1C(C)CCC1c1nc2c(ccc3cc4c(cc32)OCc2cc(-c3cnc(C5CCC(C)N5C(=O)C(NC(=O)OC)C5(C)CCOCC5)[nH]3)ccc2-4)[nH]1)C(C)C. The van der Waals surface area contributed by atoms with Gasteiger partial charge in [0.2, 0.25) is 11.8 Å². The van der Waals surface area contributed by atoms with Gasteiger partial charge in [-0.2, -0.15) is 0 Å². The number of rotatable bonds is 9. The Balaban J connectivity index is 0.964. The van der Waals surface area contributed by atoms with Gasteiger partial charge in [0.25, 0.3) is 0 Å². The number of benzene rings is 3. The van der Waals surface area contributed by atoms with Crippen molar-refractivity contribution in [1.29, 1.82) is 0 Å². The highest BCUT2D eigenvalue weighted by molar-refractivity contribution is 6.07. The van der Waals surface area contributed by atoms with Crippen LogP contribution >= 0.6 is 0 Å². The van der Waals surface area contributed by atoms with Gasteiger partial charge in [0, 0.05) is 41.7 Å². The molecule has 3 saturated heterocycles. The first-order chi connectivity index (χ1) is 30.8. The molecule has 0 aliphatic carbocycles. The van der Waals surface area contributed by atoms with Gasteiger partial charge < -0.3 is 49.3 Å². The molecule has 338 valence electrons. The zero-order valence-corrected chi connectivity index (χ0v) is 37.6. The van der Waals surface area contributed by atoms with Crippen LogP contribution in [0.1, 0.15) is 102 Å². The van der Waals surface area contributed by atoms with E-state index >= 15 is 0 Å². The smallest absolute Gasteiger partial charge is 0.407 e. The predicted molar refractivity (Wildman–Crippen MR) is 239 cm³/mol. The first kappa shape index (κ1) is 43.1. The fraction of sp³-hybridized carbons (Fsp3) is 0.500. The largest absolute Gasteiger partial charge is 0.488 e. The molecule has 3 fully saturated rings. The summed E-state index contributed by atoms with van der Waals surface area (Å²) >= 11 is 0. The van der Waals surface area contributed by atoms with Crippen LogP contribution < -0.4 is 15.4 Å². The van der Waals surface area contributed by atoms with Crippen molar-refractivity contribution in [2.24, 2.45) is 11.3 Å². The Morgan fingerprint density at radius 3 is 2.22 bits per heavy atom. The second-order valence-corrected chi connectivity index (χ2v) is 18.6. The summed E-state index contributed by atoms with van der Waals surface area (Å²) in [6, 6.07) is 12.5. The zero-order valence-electron chi connectivity index (χ0n) is 37.6. The van der Waals surface area contributed by atoms with Crippen molar-refractivity contribution in [1.82, 2.24) is 40.4 Å². The second kappa shape index (κ2) is 17.1. The molecule has 0 saturated carbocycles. The van der Waals surface area contributed by atoms with Crippen LogP contribution in [0.25, 0.3) is 44.2 Å². The zero-order chi connectivity index (χ0) is 45.0. The van der Waals surface area contributed by atoms with Crippen molar-refractivity contribution in [3.63, 3.8) is 0 Å². The van der Waals surface area contributed by atoms with E-state index in [1.165, 1.54) is 14.2 Å². The lowest BCUT2D eigenvalue weighted by Gasteiger charge is -2.42. The van der Waals surface area contributed by atoms with E-state index in [9.17, 15) is 19.2 Å². The summed E-state index contributed by atoms with van der Waals surface area (Å²) in [5.41, 5.74) is 6.08. The van der Waals surface area contributed by atoms with Gasteiger partial charge in [-0.1, -0.05) is 39.0 Å². The van der Waals surface area contributed by atoms with Crippen molar-refractivity contribution in [2.45, 2.75) is 116 Å². The third-order valence-electron chi connectivity index (χ3n) is 14.2. The van der Waals surface area contributed by atoms with Crippen LogP contribution in [0.2, 0.25) is 0 Å². The number of methoxy groups -OCH3 is 2. The van der Waals surface area contributed by atoms with Crippen molar-refractivity contribution in [3.8, 4) is 28.1 Å². The van der Waals surface area contributed by atoms with Gasteiger partial charge in [0.15, 0.2) is 0 Å². The molecular weight excluding hydrogens is 817 g/mol. The lowest BCUT2D eigenvalue weighted by atomic mass is 9.75. The third kappa shape index (κ3) is 7.68. The van der Waals surface area contributed by atoms with Crippen LogP contribution in [0.5, 0.6) is 5.75 Å². The Hall–Kier alpha value is -6.16. The number of amides is 4. The van der Waals surface area contributed by atoms with Gasteiger partial charge in [0.1, 0.15) is 36.1 Å². The molecule has 0 radical (unpaired) electrons. The standard InChI is InChI=1S/C48H58N8O8/c1-25(2)39(53-46(59)61-6)44(57)55-26(3)9-15-37(55)43-50-34-13-11-28-21-33-31-12-10-29(20-30(31)24-64-38(33)22-32(28)40(34)52-43)35-23-49-42(51-35)36-14-8-27(4)56(36)45(58)41(54-47(60)62-7)48(5)16-18-63-19-17-48/h10-13,20-23,25-27,36-37,39,41H,8-9,14-19,24H2,1-7H3,(H,49,51)(H,50,52)(H,53,59)(H,54,60). The molecular formula is C48H58N8O8. The Morgan fingerprint density at radius 1 is 0.828 bits per heavy atom. The highest BCUT2D eigenvalue weighted by Gasteiger charge is 2.48. The van der Waals surface area contributed by atoms with E-state index < -0.39 is 29.7 Å². The molecule has 0 spiro atoms. The second-order valence-electron chi connectivity index (χ2n) is 18.6. The first-order valence-corrected chi connectivity index (χ1v) is 22.5. The normalized spacial score (nSPS) is 22.4. The number of alkyl carbamates (subject to hydrolysis) is 2. The molecule has 3 aromatic carbocycles. The van der Waals surface area contributed by atoms with Gasteiger partial charge in [-0.05, 0) is 105 Å². The minimum Gasteiger partial charge on any atom is -0.488 e. The molecule has 2 aromatic heterocycles. The third-order valence-corrected chi connectivity index (χ3v) is 14.2. The molecule has 16 nitrogen and oxygen atoms in total. The number of aromatic nitrogens is 4. The molecule has 5 aromatic rings. The van der Waals surface area contributed by atoms with E-state index in [-0.39, 0.29) is 41.9 Å². The average Bonchev–Trinajstić information content (AvgIpc) is 4.12. The summed E-state index contributed by atoms with van der Waals surface area (Å²) in [4.78, 5) is 74.0. The van der Waals surface area contributed by atoms with E-state index in [1.807, 2.05) is 56.7 Å². The van der Waals surface area contributed by atoms with E-state index in [2.05, 4.69) is 57.0 Å².